The minimum Gasteiger partial charge on any atom is -0.486 e. The highest BCUT2D eigenvalue weighted by atomic mass is 35.5. The number of ether oxygens (including phenoxy) is 2. The average molecular weight is 294 g/mol. The van der Waals surface area contributed by atoms with Gasteiger partial charge < -0.3 is 19.2 Å². The molecular weight excluding hydrogens is 278 g/mol. The van der Waals surface area contributed by atoms with E-state index < -0.39 is 0 Å². The van der Waals surface area contributed by atoms with Crippen LogP contribution in [0.15, 0.2) is 28.7 Å². The first-order chi connectivity index (χ1) is 9.76. The first-order valence-corrected chi connectivity index (χ1v) is 7.04. The molecule has 0 unspecified atom stereocenters. The summed E-state index contributed by atoms with van der Waals surface area (Å²) >= 11 is 6.23. The molecule has 2 aromatic rings. The van der Waals surface area contributed by atoms with Gasteiger partial charge in [-0.1, -0.05) is 18.5 Å². The summed E-state index contributed by atoms with van der Waals surface area (Å²) in [7, 11) is 0. The molecule has 20 heavy (non-hydrogen) atoms. The topological polar surface area (TPSA) is 43.6 Å². The number of furan rings is 1. The molecule has 1 aromatic carbocycles. The molecule has 0 spiro atoms. The van der Waals surface area contributed by atoms with Crippen LogP contribution in [0.1, 0.15) is 18.4 Å². The van der Waals surface area contributed by atoms with Crippen LogP contribution in [0.5, 0.6) is 11.5 Å². The lowest BCUT2D eigenvalue weighted by Crippen LogP contribution is -2.15. The Kier molecular flexibility index (Phi) is 3.74. The number of rotatable bonds is 4. The number of nitrogens with one attached hydrogen (secondary N) is 1. The number of anilines is 1. The lowest BCUT2D eigenvalue weighted by atomic mass is 10.2. The van der Waals surface area contributed by atoms with E-state index in [2.05, 4.69) is 12.2 Å². The Balaban J connectivity index is 1.73. The highest BCUT2D eigenvalue weighted by Gasteiger charge is 2.15. The number of fused-ring (bicyclic) bond motifs is 1. The second kappa shape index (κ2) is 5.67. The summed E-state index contributed by atoms with van der Waals surface area (Å²) in [6, 6.07) is 7.60. The highest BCUT2D eigenvalue weighted by molar-refractivity contribution is 6.33. The van der Waals surface area contributed by atoms with Gasteiger partial charge in [0.2, 0.25) is 0 Å². The van der Waals surface area contributed by atoms with E-state index in [4.69, 9.17) is 25.5 Å². The fourth-order valence-corrected chi connectivity index (χ4v) is 2.31. The second-order valence-electron chi connectivity index (χ2n) is 4.55. The summed E-state index contributed by atoms with van der Waals surface area (Å²) < 4.78 is 16.7. The maximum absolute atomic E-state index is 6.23. The van der Waals surface area contributed by atoms with Crippen LogP contribution in [0, 0.1) is 0 Å². The third-order valence-electron chi connectivity index (χ3n) is 3.15. The van der Waals surface area contributed by atoms with Crippen molar-refractivity contribution in [3.63, 3.8) is 0 Å². The summed E-state index contributed by atoms with van der Waals surface area (Å²) in [6.07, 6.45) is 0.894. The summed E-state index contributed by atoms with van der Waals surface area (Å²) in [5, 5.41) is 3.86. The van der Waals surface area contributed by atoms with Gasteiger partial charge in [0.25, 0.3) is 0 Å². The van der Waals surface area contributed by atoms with Gasteiger partial charge in [-0.25, -0.2) is 0 Å². The number of benzene rings is 1. The first-order valence-electron chi connectivity index (χ1n) is 6.67. The summed E-state index contributed by atoms with van der Waals surface area (Å²) in [6.45, 7) is 3.77. The molecule has 0 atom stereocenters. The highest BCUT2D eigenvalue weighted by Crippen LogP contribution is 2.38. The first kappa shape index (κ1) is 13.2. The normalized spacial score (nSPS) is 13.3. The molecule has 0 saturated heterocycles. The van der Waals surface area contributed by atoms with Crippen LogP contribution in [0.4, 0.5) is 5.69 Å². The van der Waals surface area contributed by atoms with Gasteiger partial charge in [-0.2, -0.15) is 0 Å². The van der Waals surface area contributed by atoms with E-state index >= 15 is 0 Å². The summed E-state index contributed by atoms with van der Waals surface area (Å²) in [5.74, 6) is 3.28. The van der Waals surface area contributed by atoms with E-state index in [1.807, 2.05) is 18.2 Å². The summed E-state index contributed by atoms with van der Waals surface area (Å²) in [5.41, 5.74) is 0.811. The van der Waals surface area contributed by atoms with Crippen molar-refractivity contribution in [1.29, 1.82) is 0 Å². The fraction of sp³-hybridized carbons (Fsp3) is 0.333. The molecule has 0 saturated carbocycles. The molecule has 5 heteroatoms. The van der Waals surface area contributed by atoms with Crippen LogP contribution in [-0.4, -0.2) is 13.2 Å². The van der Waals surface area contributed by atoms with Crippen molar-refractivity contribution in [1.82, 2.24) is 0 Å². The van der Waals surface area contributed by atoms with Crippen LogP contribution in [0.2, 0.25) is 5.02 Å². The molecule has 0 aliphatic carbocycles. The van der Waals surface area contributed by atoms with Gasteiger partial charge >= 0.3 is 0 Å². The Bertz CT molecular complexity index is 609. The molecule has 1 aliphatic heterocycles. The van der Waals surface area contributed by atoms with Crippen molar-refractivity contribution in [3.8, 4) is 11.5 Å². The molecule has 0 fully saturated rings. The van der Waals surface area contributed by atoms with Gasteiger partial charge in [0, 0.05) is 18.6 Å². The Hall–Kier alpha value is -1.81. The second-order valence-corrected chi connectivity index (χ2v) is 4.96. The van der Waals surface area contributed by atoms with E-state index in [1.165, 1.54) is 0 Å². The molecule has 1 aliphatic rings. The van der Waals surface area contributed by atoms with Crippen LogP contribution in [-0.2, 0) is 13.0 Å². The molecule has 0 bridgehead atoms. The largest absolute Gasteiger partial charge is 0.486 e. The Labute approximate surface area is 122 Å². The molecule has 3 rings (SSSR count). The Morgan fingerprint density at radius 1 is 1.10 bits per heavy atom. The van der Waals surface area contributed by atoms with Crippen molar-refractivity contribution < 1.29 is 13.9 Å². The molecule has 1 aromatic heterocycles. The molecule has 1 N–H and O–H groups in total. The van der Waals surface area contributed by atoms with Crippen LogP contribution < -0.4 is 14.8 Å². The molecule has 0 amide bonds. The van der Waals surface area contributed by atoms with Crippen molar-refractivity contribution >= 4 is 17.3 Å². The van der Waals surface area contributed by atoms with Crippen molar-refractivity contribution in [3.05, 3.63) is 40.8 Å². The van der Waals surface area contributed by atoms with Crippen molar-refractivity contribution in [2.45, 2.75) is 19.9 Å². The van der Waals surface area contributed by atoms with Crippen LogP contribution in [0.3, 0.4) is 0 Å². The van der Waals surface area contributed by atoms with E-state index in [9.17, 15) is 0 Å². The fourth-order valence-electron chi connectivity index (χ4n) is 2.09. The molecule has 0 radical (unpaired) electrons. The minimum absolute atomic E-state index is 0.558. The standard InChI is InChI=1S/C15H16ClNO3/c1-2-10-3-4-11(20-10)9-17-13-8-15-14(7-12(13)16)18-5-6-19-15/h3-4,7-8,17H,2,5-6,9H2,1H3. The SMILES string of the molecule is CCc1ccc(CNc2cc3c(cc2Cl)OCCO3)o1. The lowest BCUT2D eigenvalue weighted by Gasteiger charge is -2.20. The van der Waals surface area contributed by atoms with Gasteiger partial charge in [0.1, 0.15) is 24.7 Å². The quantitative estimate of drug-likeness (QED) is 0.929. The predicted molar refractivity (Wildman–Crippen MR) is 77.9 cm³/mol. The predicted octanol–water partition coefficient (Wildman–Crippen LogP) is 3.88. The molecule has 2 heterocycles. The van der Waals surface area contributed by atoms with Gasteiger partial charge in [0.05, 0.1) is 17.3 Å². The average Bonchev–Trinajstić information content (AvgIpc) is 2.93. The lowest BCUT2D eigenvalue weighted by molar-refractivity contribution is 0.171. The van der Waals surface area contributed by atoms with E-state index in [-0.39, 0.29) is 0 Å². The number of hydrogen-bond acceptors (Lipinski definition) is 4. The van der Waals surface area contributed by atoms with E-state index in [1.54, 1.807) is 6.07 Å². The van der Waals surface area contributed by atoms with Crippen LogP contribution >= 0.6 is 11.6 Å². The zero-order valence-corrected chi connectivity index (χ0v) is 12.0. The minimum atomic E-state index is 0.558. The van der Waals surface area contributed by atoms with E-state index in [0.717, 1.165) is 29.4 Å². The molecular formula is C15H16ClNO3. The third kappa shape index (κ3) is 2.70. The maximum Gasteiger partial charge on any atom is 0.163 e. The maximum atomic E-state index is 6.23. The number of aryl methyl sites for hydroxylation is 1. The smallest absolute Gasteiger partial charge is 0.163 e. The zero-order chi connectivity index (χ0) is 13.9. The van der Waals surface area contributed by atoms with Crippen LogP contribution in [0.25, 0.3) is 0 Å². The van der Waals surface area contributed by atoms with Gasteiger partial charge in [0.15, 0.2) is 11.5 Å². The van der Waals surface area contributed by atoms with Crippen molar-refractivity contribution in [2.24, 2.45) is 0 Å². The summed E-state index contributed by atoms with van der Waals surface area (Å²) in [4.78, 5) is 0. The Morgan fingerprint density at radius 2 is 1.80 bits per heavy atom. The van der Waals surface area contributed by atoms with Gasteiger partial charge in [-0.05, 0) is 12.1 Å². The van der Waals surface area contributed by atoms with E-state index in [0.29, 0.717) is 30.5 Å². The molecule has 106 valence electrons. The van der Waals surface area contributed by atoms with Crippen molar-refractivity contribution in [2.75, 3.05) is 18.5 Å². The monoisotopic (exact) mass is 293 g/mol. The third-order valence-corrected chi connectivity index (χ3v) is 3.46. The van der Waals surface area contributed by atoms with Gasteiger partial charge in [-0.3, -0.25) is 0 Å². The van der Waals surface area contributed by atoms with Gasteiger partial charge in [-0.15, -0.1) is 0 Å². The Morgan fingerprint density at radius 3 is 2.50 bits per heavy atom. The number of hydrogen-bond donors (Lipinski definition) is 1. The zero-order valence-electron chi connectivity index (χ0n) is 11.2. The number of halogens is 1. The molecule has 4 nitrogen and oxygen atoms in total.